The Labute approximate surface area is 198 Å². The van der Waals surface area contributed by atoms with Gasteiger partial charge in [-0.05, 0) is 69.3 Å². The van der Waals surface area contributed by atoms with Gasteiger partial charge in [0.05, 0.1) is 0 Å². The lowest BCUT2D eigenvalue weighted by Crippen LogP contribution is -2.43. The van der Waals surface area contributed by atoms with Crippen molar-refractivity contribution in [2.75, 3.05) is 38.5 Å². The molecule has 33 heavy (non-hydrogen) atoms. The molecule has 0 unspecified atom stereocenters. The summed E-state index contributed by atoms with van der Waals surface area (Å²) in [6.07, 6.45) is 7.62. The molecular formula is C28H37N5. The third-order valence-electron chi connectivity index (χ3n) is 8.17. The second kappa shape index (κ2) is 9.30. The molecule has 3 aliphatic rings. The van der Waals surface area contributed by atoms with Crippen molar-refractivity contribution in [1.29, 1.82) is 0 Å². The Morgan fingerprint density at radius 3 is 2.61 bits per heavy atom. The van der Waals surface area contributed by atoms with Crippen molar-refractivity contribution >= 4 is 11.5 Å². The van der Waals surface area contributed by atoms with Crippen molar-refractivity contribution < 1.29 is 0 Å². The van der Waals surface area contributed by atoms with Crippen molar-refractivity contribution in [1.82, 2.24) is 14.8 Å². The number of piperidine rings is 2. The van der Waals surface area contributed by atoms with E-state index in [9.17, 15) is 0 Å². The van der Waals surface area contributed by atoms with E-state index in [0.717, 1.165) is 51.3 Å². The SMILES string of the molecule is C=C(C1CCN(Cc2cccnc2N)CC1)N1CCC2(CC1)CC(=NCC)c1ccccc12. The molecular weight excluding hydrogens is 406 g/mol. The number of hydrogen-bond acceptors (Lipinski definition) is 5. The normalized spacial score (nSPS) is 22.1. The number of aromatic nitrogens is 1. The first-order chi connectivity index (χ1) is 16.1. The van der Waals surface area contributed by atoms with E-state index < -0.39 is 0 Å². The Bertz CT molecular complexity index is 1030. The van der Waals surface area contributed by atoms with Gasteiger partial charge in [0.1, 0.15) is 5.82 Å². The highest BCUT2D eigenvalue weighted by Crippen LogP contribution is 2.47. The summed E-state index contributed by atoms with van der Waals surface area (Å²) in [5.41, 5.74) is 13.1. The van der Waals surface area contributed by atoms with E-state index in [1.807, 2.05) is 6.07 Å². The lowest BCUT2D eigenvalue weighted by molar-refractivity contribution is 0.146. The molecule has 2 aliphatic heterocycles. The molecule has 5 nitrogen and oxygen atoms in total. The lowest BCUT2D eigenvalue weighted by atomic mass is 9.73. The molecule has 3 heterocycles. The molecule has 1 spiro atoms. The van der Waals surface area contributed by atoms with E-state index in [2.05, 4.69) is 58.6 Å². The van der Waals surface area contributed by atoms with E-state index in [4.69, 9.17) is 10.7 Å². The lowest BCUT2D eigenvalue weighted by Gasteiger charge is -2.44. The number of allylic oxidation sites excluding steroid dienone is 1. The van der Waals surface area contributed by atoms with Crippen LogP contribution in [0.3, 0.4) is 0 Å². The molecule has 1 aromatic heterocycles. The number of nitrogens with two attached hydrogens (primary N) is 1. The highest BCUT2D eigenvalue weighted by atomic mass is 15.2. The second-order valence-electron chi connectivity index (χ2n) is 10.0. The van der Waals surface area contributed by atoms with Gasteiger partial charge in [-0.15, -0.1) is 0 Å². The van der Waals surface area contributed by atoms with Crippen molar-refractivity contribution in [2.45, 2.75) is 51.0 Å². The van der Waals surface area contributed by atoms with Gasteiger partial charge in [-0.25, -0.2) is 4.98 Å². The zero-order valence-corrected chi connectivity index (χ0v) is 20.0. The third kappa shape index (κ3) is 4.31. The van der Waals surface area contributed by atoms with Gasteiger partial charge in [-0.2, -0.15) is 0 Å². The summed E-state index contributed by atoms with van der Waals surface area (Å²) < 4.78 is 0. The minimum Gasteiger partial charge on any atom is -0.383 e. The molecule has 2 saturated heterocycles. The van der Waals surface area contributed by atoms with E-state index >= 15 is 0 Å². The maximum atomic E-state index is 6.05. The molecule has 1 aromatic carbocycles. The Balaban J connectivity index is 1.18. The van der Waals surface area contributed by atoms with Crippen molar-refractivity contribution in [3.63, 3.8) is 0 Å². The average molecular weight is 444 g/mol. The number of benzene rings is 1. The molecule has 174 valence electrons. The highest BCUT2D eigenvalue weighted by molar-refractivity contribution is 6.06. The Morgan fingerprint density at radius 1 is 1.12 bits per heavy atom. The van der Waals surface area contributed by atoms with E-state index in [1.165, 1.54) is 48.2 Å². The quantitative estimate of drug-likeness (QED) is 0.732. The van der Waals surface area contributed by atoms with Crippen LogP contribution in [0.5, 0.6) is 0 Å². The molecule has 0 bridgehead atoms. The summed E-state index contributed by atoms with van der Waals surface area (Å²) in [4.78, 5) is 14.2. The molecule has 2 aromatic rings. The van der Waals surface area contributed by atoms with Gasteiger partial charge >= 0.3 is 0 Å². The number of nitrogens with zero attached hydrogens (tertiary/aromatic N) is 4. The summed E-state index contributed by atoms with van der Waals surface area (Å²) in [5, 5.41) is 0. The van der Waals surface area contributed by atoms with Crippen LogP contribution >= 0.6 is 0 Å². The Morgan fingerprint density at radius 2 is 1.88 bits per heavy atom. The van der Waals surface area contributed by atoms with E-state index in [-0.39, 0.29) is 5.41 Å². The van der Waals surface area contributed by atoms with Crippen LogP contribution in [-0.2, 0) is 12.0 Å². The fourth-order valence-corrected chi connectivity index (χ4v) is 6.22. The van der Waals surface area contributed by atoms with Gasteiger partial charge in [0.2, 0.25) is 0 Å². The van der Waals surface area contributed by atoms with Crippen molar-refractivity contribution in [2.24, 2.45) is 10.9 Å². The number of anilines is 1. The first kappa shape index (κ1) is 22.1. The fraction of sp³-hybridized carbons (Fsp3) is 0.500. The van der Waals surface area contributed by atoms with Crippen molar-refractivity contribution in [3.05, 3.63) is 71.6 Å². The van der Waals surface area contributed by atoms with E-state index in [1.54, 1.807) is 6.20 Å². The monoisotopic (exact) mass is 443 g/mol. The zero-order valence-electron chi connectivity index (χ0n) is 20.0. The first-order valence-corrected chi connectivity index (χ1v) is 12.6. The number of rotatable bonds is 5. The van der Waals surface area contributed by atoms with Crippen LogP contribution < -0.4 is 5.73 Å². The van der Waals surface area contributed by atoms with Crippen LogP contribution in [-0.4, -0.2) is 53.2 Å². The number of aliphatic imine (C=N–C) groups is 1. The minimum absolute atomic E-state index is 0.272. The summed E-state index contributed by atoms with van der Waals surface area (Å²) in [6.45, 7) is 12.9. The Hall–Kier alpha value is -2.66. The molecule has 2 fully saturated rings. The zero-order chi connectivity index (χ0) is 22.8. The molecule has 0 amide bonds. The van der Waals surface area contributed by atoms with Gasteiger partial charge in [-0.3, -0.25) is 9.89 Å². The van der Waals surface area contributed by atoms with Gasteiger partial charge in [0.15, 0.2) is 0 Å². The molecule has 0 saturated carbocycles. The van der Waals surface area contributed by atoms with Gasteiger partial charge in [-0.1, -0.05) is 36.9 Å². The standard InChI is InChI=1S/C28H37N5/c1-3-30-26-19-28(25-9-5-4-8-24(25)26)12-17-33(18-13-28)21(2)22-10-15-32(16-11-22)20-23-7-6-14-31-27(23)29/h4-9,14,22H,2-3,10-13,15-20H2,1H3,(H2,29,31). The van der Waals surface area contributed by atoms with Gasteiger partial charge < -0.3 is 10.6 Å². The smallest absolute Gasteiger partial charge is 0.127 e. The number of nitrogen functional groups attached to an aromatic ring is 1. The number of likely N-dealkylation sites (tertiary alicyclic amines) is 2. The predicted octanol–water partition coefficient (Wildman–Crippen LogP) is 4.64. The van der Waals surface area contributed by atoms with E-state index in [0.29, 0.717) is 11.7 Å². The summed E-state index contributed by atoms with van der Waals surface area (Å²) in [5.74, 6) is 1.25. The third-order valence-corrected chi connectivity index (χ3v) is 8.17. The molecule has 5 heteroatoms. The molecule has 0 atom stereocenters. The summed E-state index contributed by atoms with van der Waals surface area (Å²) in [6, 6.07) is 13.1. The minimum atomic E-state index is 0.272. The van der Waals surface area contributed by atoms with Crippen molar-refractivity contribution in [3.8, 4) is 0 Å². The van der Waals surface area contributed by atoms with Gasteiger partial charge in [0.25, 0.3) is 0 Å². The molecule has 5 rings (SSSR count). The maximum absolute atomic E-state index is 6.05. The van der Waals surface area contributed by atoms with Crippen LogP contribution in [0.25, 0.3) is 0 Å². The molecule has 2 N–H and O–H groups in total. The first-order valence-electron chi connectivity index (χ1n) is 12.6. The summed E-state index contributed by atoms with van der Waals surface area (Å²) in [7, 11) is 0. The fourth-order valence-electron chi connectivity index (χ4n) is 6.22. The predicted molar refractivity (Wildman–Crippen MR) is 136 cm³/mol. The number of pyridine rings is 1. The highest BCUT2D eigenvalue weighted by Gasteiger charge is 2.44. The largest absolute Gasteiger partial charge is 0.383 e. The van der Waals surface area contributed by atoms with Crippen LogP contribution in [0.2, 0.25) is 0 Å². The number of fused-ring (bicyclic) bond motifs is 2. The van der Waals surface area contributed by atoms with Crippen LogP contribution in [0, 0.1) is 5.92 Å². The molecule has 1 aliphatic carbocycles. The molecule has 0 radical (unpaired) electrons. The number of hydrogen-bond donors (Lipinski definition) is 1. The van der Waals surface area contributed by atoms with Crippen LogP contribution in [0.15, 0.2) is 59.9 Å². The van der Waals surface area contributed by atoms with Crippen LogP contribution in [0.4, 0.5) is 5.82 Å². The topological polar surface area (TPSA) is 57.8 Å². The Kier molecular flexibility index (Phi) is 6.24. The van der Waals surface area contributed by atoms with Gasteiger partial charge in [0, 0.05) is 60.7 Å². The maximum Gasteiger partial charge on any atom is 0.127 e. The second-order valence-corrected chi connectivity index (χ2v) is 10.0. The van der Waals surface area contributed by atoms with Crippen LogP contribution in [0.1, 0.15) is 55.7 Å². The summed E-state index contributed by atoms with van der Waals surface area (Å²) >= 11 is 0. The average Bonchev–Trinajstić information content (AvgIpc) is 3.14.